The molecule has 0 aromatic rings. The van der Waals surface area contributed by atoms with Crippen LogP contribution in [0.2, 0.25) is 0 Å². The second-order valence-corrected chi connectivity index (χ2v) is 4.98. The maximum Gasteiger partial charge on any atom is 0.435 e. The summed E-state index contributed by atoms with van der Waals surface area (Å²) in [6.45, 7) is 5.55. The highest BCUT2D eigenvalue weighted by molar-refractivity contribution is 5.68. The minimum absolute atomic E-state index is 0.0440. The Bertz CT molecular complexity index is 293. The number of hydroxylamine groups is 2. The number of hydrogen-bond donors (Lipinski definition) is 0. The number of amides is 1. The van der Waals surface area contributed by atoms with E-state index in [-0.39, 0.29) is 18.2 Å². The smallest absolute Gasteiger partial charge is 0.435 e. The van der Waals surface area contributed by atoms with Crippen LogP contribution >= 0.6 is 0 Å². The van der Waals surface area contributed by atoms with Crippen LogP contribution in [0.3, 0.4) is 0 Å². The number of ether oxygens (including phenoxy) is 1. The zero-order valence-electron chi connectivity index (χ0n) is 9.40. The van der Waals surface area contributed by atoms with E-state index in [1.807, 2.05) is 32.9 Å². The molecular weight excluding hydrogens is 194 g/mol. The van der Waals surface area contributed by atoms with E-state index in [1.165, 1.54) is 5.06 Å². The second kappa shape index (κ2) is 3.52. The first-order chi connectivity index (χ1) is 6.96. The highest BCUT2D eigenvalue weighted by Gasteiger charge is 2.36. The Hall–Kier alpha value is -1.03. The monoisotopic (exact) mass is 211 g/mol. The molecular formula is C11H17NO3. The summed E-state index contributed by atoms with van der Waals surface area (Å²) in [6, 6.07) is 0.0462. The number of carbonyl (C=O) groups excluding carboxylic acids is 1. The quantitative estimate of drug-likeness (QED) is 0.577. The summed E-state index contributed by atoms with van der Waals surface area (Å²) in [5, 5.41) is 1.36. The van der Waals surface area contributed by atoms with E-state index in [0.717, 1.165) is 12.8 Å². The van der Waals surface area contributed by atoms with Gasteiger partial charge in [-0.2, -0.15) is 5.06 Å². The first-order valence-electron chi connectivity index (χ1n) is 5.33. The molecule has 0 aromatic heterocycles. The van der Waals surface area contributed by atoms with Gasteiger partial charge in [0.05, 0.1) is 6.04 Å². The summed E-state index contributed by atoms with van der Waals surface area (Å²) < 4.78 is 5.26. The van der Waals surface area contributed by atoms with Crippen LogP contribution in [-0.4, -0.2) is 28.9 Å². The van der Waals surface area contributed by atoms with Crippen molar-refractivity contribution in [2.45, 2.75) is 51.4 Å². The standard InChI is InChI=1S/C11H17NO3/c1-11(2,3)14-10(13)12-8-4-6-9(15-12)7-5-8/h4,6,8-9H,5,7H2,1-3H3/t8-,9+/m0/s1. The Morgan fingerprint density at radius 3 is 2.53 bits per heavy atom. The number of nitrogens with zero attached hydrogens (tertiary/aromatic N) is 1. The lowest BCUT2D eigenvalue weighted by Crippen LogP contribution is -2.50. The molecule has 2 bridgehead atoms. The highest BCUT2D eigenvalue weighted by atomic mass is 16.7. The van der Waals surface area contributed by atoms with Gasteiger partial charge in [-0.25, -0.2) is 4.79 Å². The first-order valence-corrected chi connectivity index (χ1v) is 5.33. The predicted molar refractivity (Wildman–Crippen MR) is 55.1 cm³/mol. The molecule has 0 saturated carbocycles. The molecule has 2 atom stereocenters. The summed E-state index contributed by atoms with van der Waals surface area (Å²) in [7, 11) is 0. The van der Waals surface area contributed by atoms with Crippen molar-refractivity contribution in [1.82, 2.24) is 5.06 Å². The summed E-state index contributed by atoms with van der Waals surface area (Å²) >= 11 is 0. The van der Waals surface area contributed by atoms with E-state index in [2.05, 4.69) is 0 Å². The molecule has 3 aliphatic rings. The molecule has 0 spiro atoms. The maximum absolute atomic E-state index is 11.7. The Labute approximate surface area is 89.8 Å². The molecule has 2 heterocycles. The van der Waals surface area contributed by atoms with Crippen molar-refractivity contribution in [2.24, 2.45) is 0 Å². The molecule has 0 N–H and O–H groups in total. The Morgan fingerprint density at radius 1 is 1.40 bits per heavy atom. The maximum atomic E-state index is 11.7. The number of carbonyl (C=O) groups is 1. The van der Waals surface area contributed by atoms with Gasteiger partial charge in [-0.3, -0.25) is 4.84 Å². The van der Waals surface area contributed by atoms with Crippen LogP contribution in [0.25, 0.3) is 0 Å². The van der Waals surface area contributed by atoms with Crippen LogP contribution in [-0.2, 0) is 9.57 Å². The van der Waals surface area contributed by atoms with Crippen LogP contribution < -0.4 is 0 Å². The van der Waals surface area contributed by atoms with E-state index < -0.39 is 5.60 Å². The fraction of sp³-hybridized carbons (Fsp3) is 0.727. The lowest BCUT2D eigenvalue weighted by atomic mass is 9.99. The van der Waals surface area contributed by atoms with E-state index in [0.29, 0.717) is 0 Å². The van der Waals surface area contributed by atoms with Gasteiger partial charge in [0.1, 0.15) is 11.7 Å². The van der Waals surface area contributed by atoms with Gasteiger partial charge < -0.3 is 4.74 Å². The molecule has 1 aliphatic carbocycles. The van der Waals surface area contributed by atoms with Gasteiger partial charge in [0.2, 0.25) is 0 Å². The van der Waals surface area contributed by atoms with Crippen molar-refractivity contribution in [2.75, 3.05) is 0 Å². The molecule has 4 nitrogen and oxygen atoms in total. The van der Waals surface area contributed by atoms with E-state index in [9.17, 15) is 4.79 Å². The SMILES string of the molecule is CC(C)(C)OC(=O)N1O[C@@H]2C=C[C@H]1CC2. The van der Waals surface area contributed by atoms with Crippen LogP contribution in [0.1, 0.15) is 33.6 Å². The van der Waals surface area contributed by atoms with Crippen molar-refractivity contribution in [3.05, 3.63) is 12.2 Å². The van der Waals surface area contributed by atoms with Gasteiger partial charge in [-0.15, -0.1) is 0 Å². The van der Waals surface area contributed by atoms with Gasteiger partial charge in [-0.1, -0.05) is 12.2 Å². The molecule has 4 heteroatoms. The van der Waals surface area contributed by atoms with Crippen molar-refractivity contribution in [3.8, 4) is 0 Å². The summed E-state index contributed by atoms with van der Waals surface area (Å²) in [6.07, 6.45) is 5.63. The number of hydrogen-bond acceptors (Lipinski definition) is 3. The van der Waals surface area contributed by atoms with Crippen molar-refractivity contribution < 1.29 is 14.4 Å². The summed E-state index contributed by atoms with van der Waals surface area (Å²) in [5.74, 6) is 0. The molecule has 0 radical (unpaired) electrons. The molecule has 1 fully saturated rings. The third-order valence-corrected chi connectivity index (χ3v) is 2.42. The average molecular weight is 211 g/mol. The fourth-order valence-corrected chi connectivity index (χ4v) is 1.77. The Morgan fingerprint density at radius 2 is 2.13 bits per heavy atom. The van der Waals surface area contributed by atoms with Gasteiger partial charge in [0.25, 0.3) is 0 Å². The van der Waals surface area contributed by atoms with Crippen LogP contribution in [0.4, 0.5) is 4.79 Å². The third kappa shape index (κ3) is 2.31. The number of rotatable bonds is 0. The van der Waals surface area contributed by atoms with Crippen molar-refractivity contribution >= 4 is 6.09 Å². The van der Waals surface area contributed by atoms with Gasteiger partial charge in [0, 0.05) is 0 Å². The summed E-state index contributed by atoms with van der Waals surface area (Å²) in [5.41, 5.74) is -0.471. The topological polar surface area (TPSA) is 38.8 Å². The molecule has 0 unspecified atom stereocenters. The van der Waals surface area contributed by atoms with E-state index in [4.69, 9.17) is 9.57 Å². The van der Waals surface area contributed by atoms with Crippen LogP contribution in [0.5, 0.6) is 0 Å². The van der Waals surface area contributed by atoms with Crippen LogP contribution in [0, 0.1) is 0 Å². The first kappa shape index (κ1) is 10.5. The molecule has 3 rings (SSSR count). The zero-order valence-corrected chi connectivity index (χ0v) is 9.40. The lowest BCUT2D eigenvalue weighted by Gasteiger charge is -2.40. The Kier molecular flexibility index (Phi) is 2.46. The second-order valence-electron chi connectivity index (χ2n) is 4.98. The highest BCUT2D eigenvalue weighted by Crippen LogP contribution is 2.28. The Balaban J connectivity index is 2.01. The molecule has 0 aromatic carbocycles. The normalized spacial score (nSPS) is 29.4. The van der Waals surface area contributed by atoms with E-state index >= 15 is 0 Å². The summed E-state index contributed by atoms with van der Waals surface area (Å²) in [4.78, 5) is 17.2. The third-order valence-electron chi connectivity index (χ3n) is 2.42. The lowest BCUT2D eigenvalue weighted by molar-refractivity contribution is -0.214. The minimum Gasteiger partial charge on any atom is -0.442 e. The molecule has 1 amide bonds. The van der Waals surface area contributed by atoms with E-state index in [1.54, 1.807) is 0 Å². The molecule has 2 aliphatic heterocycles. The van der Waals surface area contributed by atoms with Crippen LogP contribution in [0.15, 0.2) is 12.2 Å². The average Bonchev–Trinajstić information content (AvgIpc) is 2.17. The molecule has 1 saturated heterocycles. The zero-order chi connectivity index (χ0) is 11.1. The molecule has 15 heavy (non-hydrogen) atoms. The van der Waals surface area contributed by atoms with Crippen molar-refractivity contribution in [3.63, 3.8) is 0 Å². The molecule has 84 valence electrons. The number of fused-ring (bicyclic) bond motifs is 2. The van der Waals surface area contributed by atoms with Gasteiger partial charge >= 0.3 is 6.09 Å². The minimum atomic E-state index is -0.471. The van der Waals surface area contributed by atoms with Gasteiger partial charge in [-0.05, 0) is 33.6 Å². The largest absolute Gasteiger partial charge is 0.442 e. The van der Waals surface area contributed by atoms with Crippen molar-refractivity contribution in [1.29, 1.82) is 0 Å². The van der Waals surface area contributed by atoms with Gasteiger partial charge in [0.15, 0.2) is 0 Å². The fourth-order valence-electron chi connectivity index (χ4n) is 1.77. The predicted octanol–water partition coefficient (Wildman–Crippen LogP) is 2.26.